The van der Waals surface area contributed by atoms with Gasteiger partial charge < -0.3 is 20.6 Å². The van der Waals surface area contributed by atoms with Crippen molar-refractivity contribution in [2.75, 3.05) is 6.54 Å². The van der Waals surface area contributed by atoms with Crippen LogP contribution in [0.5, 0.6) is 0 Å². The summed E-state index contributed by atoms with van der Waals surface area (Å²) in [5.41, 5.74) is 1.63. The summed E-state index contributed by atoms with van der Waals surface area (Å²) in [7, 11) is 0. The molecule has 0 spiro atoms. The third-order valence-corrected chi connectivity index (χ3v) is 8.64. The number of halogens is 2. The minimum absolute atomic E-state index is 0.0747. The fourth-order valence-electron chi connectivity index (χ4n) is 5.02. The van der Waals surface area contributed by atoms with Gasteiger partial charge in [-0.1, -0.05) is 58.9 Å². The second-order valence-electron chi connectivity index (χ2n) is 12.3. The van der Waals surface area contributed by atoms with E-state index in [1.807, 2.05) is 45.0 Å². The van der Waals surface area contributed by atoms with E-state index in [1.165, 1.54) is 11.3 Å². The van der Waals surface area contributed by atoms with Crippen LogP contribution in [0.2, 0.25) is 0 Å². The number of aryl methyl sites for hydroxylation is 1. The van der Waals surface area contributed by atoms with E-state index in [0.717, 1.165) is 26.6 Å². The predicted octanol–water partition coefficient (Wildman–Crippen LogP) is 3.87. The number of β-amino-alcohol motifs (C(OH)–C–C–N with tert-alkyl or cyclic N) is 1. The predicted molar refractivity (Wildman–Crippen MR) is 149 cm³/mol. The second-order valence-corrected chi connectivity index (χ2v) is 13.2. The normalized spacial score (nSPS) is 23.6. The van der Waals surface area contributed by atoms with Crippen LogP contribution in [0.3, 0.4) is 0 Å². The molecule has 1 unspecified atom stereocenters. The van der Waals surface area contributed by atoms with E-state index in [1.54, 1.807) is 26.3 Å². The zero-order valence-electron chi connectivity index (χ0n) is 23.7. The molecule has 5 atom stereocenters. The first-order valence-corrected chi connectivity index (χ1v) is 14.5. The maximum atomic E-state index is 15.3. The first kappa shape index (κ1) is 30.0. The van der Waals surface area contributed by atoms with Gasteiger partial charge in [0.15, 0.2) is 11.8 Å². The fraction of sp³-hybridized carbons (Fsp3) is 0.586. The van der Waals surface area contributed by atoms with Crippen LogP contribution in [-0.2, 0) is 14.4 Å². The molecule has 0 radical (unpaired) electrons. The van der Waals surface area contributed by atoms with Crippen LogP contribution in [0.4, 0.5) is 8.78 Å². The van der Waals surface area contributed by atoms with Gasteiger partial charge in [-0.3, -0.25) is 14.4 Å². The lowest BCUT2D eigenvalue weighted by Crippen LogP contribution is -2.60. The summed E-state index contributed by atoms with van der Waals surface area (Å²) in [6.07, 6.45) is -3.46. The van der Waals surface area contributed by atoms with E-state index in [0.29, 0.717) is 0 Å². The van der Waals surface area contributed by atoms with E-state index in [9.17, 15) is 23.9 Å². The molecule has 2 aromatic rings. The molecule has 3 amide bonds. The molecule has 3 N–H and O–H groups in total. The smallest absolute Gasteiger partial charge is 0.258 e. The highest BCUT2D eigenvalue weighted by molar-refractivity contribution is 7.13. The Hall–Kier alpha value is -2.92. The maximum Gasteiger partial charge on any atom is 0.258 e. The average Bonchev–Trinajstić information content (AvgIpc) is 3.38. The second kappa shape index (κ2) is 11.2. The number of hydrogen-bond donors (Lipinski definition) is 3. The highest BCUT2D eigenvalue weighted by Gasteiger charge is 2.55. The first-order valence-electron chi connectivity index (χ1n) is 13.6. The summed E-state index contributed by atoms with van der Waals surface area (Å²) in [5, 5.41) is 15.7. The van der Waals surface area contributed by atoms with Crippen LogP contribution < -0.4 is 10.6 Å². The number of aliphatic hydroxyl groups excluding tert-OH is 1. The van der Waals surface area contributed by atoms with Crippen LogP contribution in [0.1, 0.15) is 64.8 Å². The lowest BCUT2D eigenvalue weighted by atomic mass is 9.85. The highest BCUT2D eigenvalue weighted by atomic mass is 32.1. The summed E-state index contributed by atoms with van der Waals surface area (Å²) in [6, 6.07) is 4.36. The summed E-state index contributed by atoms with van der Waals surface area (Å²) < 4.78 is 29.7. The standard InChI is InChI=1S/C29H38F2N4O4S/c1-15(2)21(17-7-9-18(10-8-17)23-16(3)32-14-40-23)33-25(37)22-20(30)19(36)13-35(22)26(38)24(28(4,5)6)34-27(39)29(31)11-12-29/h7-10,14-15,19-22,24,36H,11-13H2,1-6H3,(H,33,37)(H,34,39)/t19-,20-,21?,22-,24+/m0/s1. The third-order valence-electron chi connectivity index (χ3n) is 7.67. The Morgan fingerprint density at radius 1 is 1.15 bits per heavy atom. The van der Waals surface area contributed by atoms with Gasteiger partial charge in [0.2, 0.25) is 11.8 Å². The summed E-state index contributed by atoms with van der Waals surface area (Å²) >= 11 is 1.54. The van der Waals surface area contributed by atoms with Gasteiger partial charge in [0.25, 0.3) is 5.91 Å². The topological polar surface area (TPSA) is 112 Å². The van der Waals surface area contributed by atoms with Crippen LogP contribution in [0, 0.1) is 18.3 Å². The molecule has 2 aliphatic rings. The quantitative estimate of drug-likeness (QED) is 0.442. The number of hydrogen-bond acceptors (Lipinski definition) is 6. The molecule has 8 nitrogen and oxygen atoms in total. The van der Waals surface area contributed by atoms with E-state index in [2.05, 4.69) is 15.6 Å². The van der Waals surface area contributed by atoms with Crippen LogP contribution in [0.15, 0.2) is 29.8 Å². The van der Waals surface area contributed by atoms with Crippen molar-refractivity contribution in [1.82, 2.24) is 20.5 Å². The molecule has 11 heteroatoms. The van der Waals surface area contributed by atoms with Crippen molar-refractivity contribution in [3.8, 4) is 10.4 Å². The van der Waals surface area contributed by atoms with Crippen LogP contribution in [0.25, 0.3) is 10.4 Å². The van der Waals surface area contributed by atoms with Crippen molar-refractivity contribution in [3.05, 3.63) is 41.0 Å². The molecule has 2 heterocycles. The third kappa shape index (κ3) is 6.05. The Kier molecular flexibility index (Phi) is 8.38. The number of amides is 3. The fourth-order valence-corrected chi connectivity index (χ4v) is 5.83. The van der Waals surface area contributed by atoms with E-state index >= 15 is 4.39 Å². The molecule has 218 valence electrons. The van der Waals surface area contributed by atoms with Gasteiger partial charge in [-0.25, -0.2) is 13.8 Å². The van der Waals surface area contributed by atoms with Gasteiger partial charge in [-0.2, -0.15) is 0 Å². The number of aliphatic hydroxyl groups is 1. The molecule has 4 rings (SSSR count). The summed E-state index contributed by atoms with van der Waals surface area (Å²) in [4.78, 5) is 46.0. The number of carbonyl (C=O) groups is 3. The molecule has 1 aromatic carbocycles. The number of nitrogens with zero attached hydrogens (tertiary/aromatic N) is 2. The van der Waals surface area contributed by atoms with E-state index < -0.39 is 65.8 Å². The number of aromatic nitrogens is 1. The summed E-state index contributed by atoms with van der Waals surface area (Å²) in [6.45, 7) is 10.4. The molecule has 40 heavy (non-hydrogen) atoms. The largest absolute Gasteiger partial charge is 0.388 e. The molecular formula is C29H38F2N4O4S. The number of rotatable bonds is 8. The van der Waals surface area contributed by atoms with Crippen molar-refractivity contribution < 1.29 is 28.3 Å². The van der Waals surface area contributed by atoms with Gasteiger partial charge in [-0.05, 0) is 42.2 Å². The van der Waals surface area contributed by atoms with Gasteiger partial charge in [0, 0.05) is 0 Å². The molecule has 1 saturated carbocycles. The molecular weight excluding hydrogens is 538 g/mol. The van der Waals surface area contributed by atoms with Crippen molar-refractivity contribution in [2.24, 2.45) is 11.3 Å². The SMILES string of the molecule is Cc1ncsc1-c1ccc(C(NC(=O)[C@@H]2[C@@H](F)[C@@H](O)CN2C(=O)[C@@H](NC(=O)C2(F)CC2)C(C)(C)C)C(C)C)cc1. The molecule has 1 aromatic heterocycles. The number of alkyl halides is 2. The number of benzene rings is 1. The summed E-state index contributed by atoms with van der Waals surface area (Å²) in [5.74, 6) is -2.46. The lowest BCUT2D eigenvalue weighted by Gasteiger charge is -2.36. The van der Waals surface area contributed by atoms with Crippen LogP contribution in [-0.4, -0.2) is 69.3 Å². The lowest BCUT2D eigenvalue weighted by molar-refractivity contribution is -0.146. The minimum Gasteiger partial charge on any atom is -0.388 e. The van der Waals surface area contributed by atoms with Crippen molar-refractivity contribution in [2.45, 2.75) is 90.5 Å². The van der Waals surface area contributed by atoms with Gasteiger partial charge in [-0.15, -0.1) is 11.3 Å². The molecule has 1 saturated heterocycles. The van der Waals surface area contributed by atoms with Crippen molar-refractivity contribution in [3.63, 3.8) is 0 Å². The Labute approximate surface area is 237 Å². The van der Waals surface area contributed by atoms with Crippen LogP contribution >= 0.6 is 11.3 Å². The monoisotopic (exact) mass is 576 g/mol. The van der Waals surface area contributed by atoms with Gasteiger partial charge in [0.05, 0.1) is 28.7 Å². The minimum atomic E-state index is -2.03. The number of likely N-dealkylation sites (tertiary alicyclic amines) is 1. The van der Waals surface area contributed by atoms with E-state index in [4.69, 9.17) is 0 Å². The Morgan fingerprint density at radius 3 is 2.27 bits per heavy atom. The number of thiazole rings is 1. The Morgan fingerprint density at radius 2 is 1.77 bits per heavy atom. The first-order chi connectivity index (χ1) is 18.6. The van der Waals surface area contributed by atoms with Gasteiger partial charge >= 0.3 is 0 Å². The van der Waals surface area contributed by atoms with Crippen molar-refractivity contribution in [1.29, 1.82) is 0 Å². The molecule has 1 aliphatic carbocycles. The number of nitrogens with one attached hydrogen (secondary N) is 2. The Bertz CT molecular complexity index is 1260. The molecule has 2 fully saturated rings. The van der Waals surface area contributed by atoms with Gasteiger partial charge in [0.1, 0.15) is 18.2 Å². The number of carbonyl (C=O) groups excluding carboxylic acids is 3. The molecule has 1 aliphatic heterocycles. The highest BCUT2D eigenvalue weighted by Crippen LogP contribution is 2.40. The zero-order chi connectivity index (χ0) is 29.6. The zero-order valence-corrected chi connectivity index (χ0v) is 24.5. The average molecular weight is 577 g/mol. The molecule has 0 bridgehead atoms. The Balaban J connectivity index is 1.55. The van der Waals surface area contributed by atoms with Crippen molar-refractivity contribution >= 4 is 29.1 Å². The maximum absolute atomic E-state index is 15.3. The van der Waals surface area contributed by atoms with E-state index in [-0.39, 0.29) is 18.8 Å².